The summed E-state index contributed by atoms with van der Waals surface area (Å²) in [6.45, 7) is 16.0. The number of hydrogen-bond donors (Lipinski definition) is 4. The predicted octanol–water partition coefficient (Wildman–Crippen LogP) is 5.86. The standard InChI is InChI=1S/C35H46O8/c1-16(2)12-21(37)11-10-20-13-22(17(3)4)23-14-33(8)15-34(9)26(18(5)6)29(39)24(19(7)36)31(41)35(34,43)32(42)27(33)30(40)25(23)28(20)38/h13,16-18,26,38,40-41,43H,10-12,14-15H2,1-9H3/t26?,33-,34-,35+/m1/s1. The highest BCUT2D eigenvalue weighted by Crippen LogP contribution is 2.65. The summed E-state index contributed by atoms with van der Waals surface area (Å²) in [4.78, 5) is 53.2. The van der Waals surface area contributed by atoms with Crippen molar-refractivity contribution >= 4 is 28.9 Å². The van der Waals surface area contributed by atoms with Crippen molar-refractivity contribution in [2.75, 3.05) is 0 Å². The number of benzene rings is 1. The van der Waals surface area contributed by atoms with Crippen molar-refractivity contribution in [1.82, 2.24) is 0 Å². The van der Waals surface area contributed by atoms with Crippen molar-refractivity contribution in [1.29, 1.82) is 0 Å². The van der Waals surface area contributed by atoms with E-state index in [1.807, 2.05) is 33.8 Å². The van der Waals surface area contributed by atoms with E-state index >= 15 is 0 Å². The highest BCUT2D eigenvalue weighted by atomic mass is 16.3. The van der Waals surface area contributed by atoms with Gasteiger partial charge in [-0.1, -0.05) is 61.5 Å². The van der Waals surface area contributed by atoms with Crippen LogP contribution in [0.2, 0.25) is 0 Å². The molecule has 3 aliphatic rings. The third kappa shape index (κ3) is 4.68. The molecular weight excluding hydrogens is 548 g/mol. The van der Waals surface area contributed by atoms with Crippen molar-refractivity contribution in [3.8, 4) is 5.75 Å². The molecular formula is C35H46O8. The number of aliphatic hydroxyl groups is 3. The minimum Gasteiger partial charge on any atom is -0.508 e. The van der Waals surface area contributed by atoms with Crippen LogP contribution in [0.15, 0.2) is 23.0 Å². The zero-order chi connectivity index (χ0) is 32.6. The number of fused-ring (bicyclic) bond motifs is 3. The number of phenolic OH excluding ortho intramolecular Hbond substituents is 1. The molecule has 8 heteroatoms. The normalized spacial score (nSPS) is 28.9. The number of aromatic hydroxyl groups is 1. The number of phenols is 1. The third-order valence-electron chi connectivity index (χ3n) is 10.0. The Hall–Kier alpha value is -3.26. The molecule has 0 amide bonds. The van der Waals surface area contributed by atoms with Gasteiger partial charge in [-0.3, -0.25) is 19.2 Å². The molecule has 234 valence electrons. The highest BCUT2D eigenvalue weighted by molar-refractivity contribution is 6.24. The second-order valence-electron chi connectivity index (χ2n) is 14.6. The van der Waals surface area contributed by atoms with Crippen LogP contribution in [-0.2, 0) is 32.0 Å². The lowest BCUT2D eigenvalue weighted by atomic mass is 9.43. The summed E-state index contributed by atoms with van der Waals surface area (Å²) in [6.07, 6.45) is 1.17. The zero-order valence-electron chi connectivity index (χ0n) is 26.8. The predicted molar refractivity (Wildman–Crippen MR) is 163 cm³/mol. The second-order valence-corrected chi connectivity index (χ2v) is 14.6. The van der Waals surface area contributed by atoms with Crippen LogP contribution in [0, 0.1) is 28.6 Å². The second kappa shape index (κ2) is 10.7. The van der Waals surface area contributed by atoms with Gasteiger partial charge in [-0.15, -0.1) is 0 Å². The maximum Gasteiger partial charge on any atom is 0.203 e. The largest absolute Gasteiger partial charge is 0.508 e. The fraction of sp³-hybridized carbons (Fsp3) is 0.600. The summed E-state index contributed by atoms with van der Waals surface area (Å²) in [6, 6.07) is 1.88. The van der Waals surface area contributed by atoms with E-state index in [9.17, 15) is 39.6 Å². The molecule has 0 spiro atoms. The fourth-order valence-electron chi connectivity index (χ4n) is 8.41. The molecule has 0 heterocycles. The van der Waals surface area contributed by atoms with Crippen LogP contribution in [0.3, 0.4) is 0 Å². The zero-order valence-corrected chi connectivity index (χ0v) is 26.8. The van der Waals surface area contributed by atoms with Gasteiger partial charge in [0.2, 0.25) is 5.78 Å². The molecule has 0 saturated heterocycles. The van der Waals surface area contributed by atoms with Crippen molar-refractivity contribution < 1.29 is 39.6 Å². The molecule has 3 aliphatic carbocycles. The molecule has 0 aliphatic heterocycles. The average molecular weight is 595 g/mol. The van der Waals surface area contributed by atoms with Gasteiger partial charge in [0.15, 0.2) is 17.2 Å². The maximum atomic E-state index is 14.5. The summed E-state index contributed by atoms with van der Waals surface area (Å²) < 4.78 is 0. The molecule has 0 bridgehead atoms. The summed E-state index contributed by atoms with van der Waals surface area (Å²) in [7, 11) is 0. The van der Waals surface area contributed by atoms with Crippen LogP contribution >= 0.6 is 0 Å². The van der Waals surface area contributed by atoms with E-state index in [2.05, 4.69) is 0 Å². The molecule has 1 aromatic carbocycles. The molecule has 0 radical (unpaired) electrons. The Morgan fingerprint density at radius 1 is 1.02 bits per heavy atom. The SMILES string of the molecule is CC(=O)C1=C(O)[C@]2(O)C(=O)C3=C(O)c4c(O)c(CCC(=O)CC(C)C)cc(C(C)C)c4C[C@]3(C)C[C@]2(C)C(C(C)C)C1=O. The summed E-state index contributed by atoms with van der Waals surface area (Å²) >= 11 is 0. The minimum atomic E-state index is -2.64. The van der Waals surface area contributed by atoms with E-state index in [1.54, 1.807) is 27.7 Å². The first-order valence-corrected chi connectivity index (χ1v) is 15.3. The van der Waals surface area contributed by atoms with Crippen LogP contribution < -0.4 is 0 Å². The smallest absolute Gasteiger partial charge is 0.203 e. The highest BCUT2D eigenvalue weighted by Gasteiger charge is 2.72. The van der Waals surface area contributed by atoms with Crippen molar-refractivity contribution in [2.45, 2.75) is 106 Å². The van der Waals surface area contributed by atoms with Gasteiger partial charge in [-0.25, -0.2) is 0 Å². The molecule has 1 aromatic rings. The van der Waals surface area contributed by atoms with Crippen LogP contribution in [0.25, 0.3) is 5.76 Å². The van der Waals surface area contributed by atoms with Crippen LogP contribution in [0.5, 0.6) is 5.75 Å². The van der Waals surface area contributed by atoms with Gasteiger partial charge in [-0.05, 0) is 60.6 Å². The number of ketones is 4. The monoisotopic (exact) mass is 594 g/mol. The Labute approximate surface area is 253 Å². The van der Waals surface area contributed by atoms with Gasteiger partial charge in [0.25, 0.3) is 0 Å². The number of carbonyl (C=O) groups excluding carboxylic acids is 4. The van der Waals surface area contributed by atoms with E-state index in [0.29, 0.717) is 17.5 Å². The molecule has 4 N–H and O–H groups in total. The number of aliphatic hydroxyl groups excluding tert-OH is 2. The van der Waals surface area contributed by atoms with E-state index in [0.717, 1.165) is 12.5 Å². The van der Waals surface area contributed by atoms with Crippen LogP contribution in [0.1, 0.15) is 110 Å². The van der Waals surface area contributed by atoms with Crippen molar-refractivity contribution in [3.05, 3.63) is 45.2 Å². The Morgan fingerprint density at radius 3 is 2.14 bits per heavy atom. The Bertz CT molecular complexity index is 1490. The van der Waals surface area contributed by atoms with Crippen molar-refractivity contribution in [2.24, 2.45) is 28.6 Å². The summed E-state index contributed by atoms with van der Waals surface area (Å²) in [5.74, 6) is -5.13. The molecule has 1 fully saturated rings. The lowest BCUT2D eigenvalue weighted by Crippen LogP contribution is -2.69. The van der Waals surface area contributed by atoms with Crippen LogP contribution in [-0.4, -0.2) is 49.2 Å². The van der Waals surface area contributed by atoms with Gasteiger partial charge >= 0.3 is 0 Å². The topological polar surface area (TPSA) is 149 Å². The Balaban J connectivity index is 1.99. The minimum absolute atomic E-state index is 0.0194. The molecule has 4 atom stereocenters. The van der Waals surface area contributed by atoms with Crippen molar-refractivity contribution in [3.63, 3.8) is 0 Å². The number of hydrogen-bond acceptors (Lipinski definition) is 8. The lowest BCUT2D eigenvalue weighted by molar-refractivity contribution is -0.178. The quantitative estimate of drug-likeness (QED) is 0.273. The first-order valence-electron chi connectivity index (χ1n) is 15.3. The average Bonchev–Trinajstić information content (AvgIpc) is 2.84. The molecule has 1 saturated carbocycles. The Morgan fingerprint density at radius 2 is 1.63 bits per heavy atom. The number of carbonyl (C=O) groups is 4. The Kier molecular flexibility index (Phi) is 8.14. The van der Waals surface area contributed by atoms with Gasteiger partial charge in [-0.2, -0.15) is 0 Å². The first-order chi connectivity index (χ1) is 19.7. The maximum absolute atomic E-state index is 14.5. The van der Waals surface area contributed by atoms with Gasteiger partial charge in [0.1, 0.15) is 28.6 Å². The molecule has 8 nitrogen and oxygen atoms in total. The van der Waals surface area contributed by atoms with E-state index in [4.69, 9.17) is 0 Å². The number of rotatable bonds is 8. The molecule has 43 heavy (non-hydrogen) atoms. The van der Waals surface area contributed by atoms with E-state index < -0.39 is 56.8 Å². The fourth-order valence-corrected chi connectivity index (χ4v) is 8.41. The summed E-state index contributed by atoms with van der Waals surface area (Å²) in [5, 5.41) is 46.9. The van der Waals surface area contributed by atoms with Crippen LogP contribution in [0.4, 0.5) is 0 Å². The first kappa shape index (κ1) is 32.6. The molecule has 1 unspecified atom stereocenters. The molecule has 4 rings (SSSR count). The third-order valence-corrected chi connectivity index (χ3v) is 10.0. The number of allylic oxidation sites excluding steroid dienone is 1. The lowest BCUT2D eigenvalue weighted by Gasteiger charge is -2.60. The summed E-state index contributed by atoms with van der Waals surface area (Å²) in [5.41, 5.74) is -3.84. The molecule has 0 aromatic heterocycles. The van der Waals surface area contributed by atoms with Gasteiger partial charge < -0.3 is 20.4 Å². The van der Waals surface area contributed by atoms with Gasteiger partial charge in [0, 0.05) is 35.2 Å². The number of Topliss-reactive ketones (excluding diaryl/α,β-unsaturated/α-hetero) is 4. The number of aryl methyl sites for hydroxylation is 1. The van der Waals surface area contributed by atoms with E-state index in [-0.39, 0.29) is 66.1 Å². The van der Waals surface area contributed by atoms with E-state index in [1.165, 1.54) is 0 Å². The van der Waals surface area contributed by atoms with Gasteiger partial charge in [0.05, 0.1) is 5.56 Å².